The molecule has 0 saturated heterocycles. The Kier molecular flexibility index (Phi) is 4.41. The van der Waals surface area contributed by atoms with E-state index in [2.05, 4.69) is 10.3 Å². The smallest absolute Gasteiger partial charge is 0.320 e. The average molecular weight is 281 g/mol. The number of para-hydroxylation sites is 1. The quantitative estimate of drug-likeness (QED) is 0.497. The van der Waals surface area contributed by atoms with Gasteiger partial charge in [0.25, 0.3) is 5.91 Å². The lowest BCUT2D eigenvalue weighted by atomic mass is 10.2. The van der Waals surface area contributed by atoms with Crippen LogP contribution in [0.2, 0.25) is 0 Å². The second-order valence-corrected chi connectivity index (χ2v) is 4.15. The molecule has 0 saturated carbocycles. The van der Waals surface area contributed by atoms with Crippen molar-refractivity contribution < 1.29 is 14.3 Å². The lowest BCUT2D eigenvalue weighted by Gasteiger charge is -2.04. The molecule has 0 unspecified atom stereocenters. The summed E-state index contributed by atoms with van der Waals surface area (Å²) in [7, 11) is 0. The molecule has 0 spiro atoms. The van der Waals surface area contributed by atoms with Crippen LogP contribution in [-0.2, 0) is 9.53 Å². The van der Waals surface area contributed by atoms with Crippen LogP contribution in [0.5, 0.6) is 0 Å². The molecular formula is C13H13ClN2O3. The van der Waals surface area contributed by atoms with E-state index in [1.807, 2.05) is 24.3 Å². The normalized spacial score (nSPS) is 10.4. The molecule has 19 heavy (non-hydrogen) atoms. The summed E-state index contributed by atoms with van der Waals surface area (Å²) in [6.07, 6.45) is 0. The number of ether oxygens (including phenoxy) is 1. The molecule has 0 fully saturated rings. The van der Waals surface area contributed by atoms with Crippen molar-refractivity contribution in [2.24, 2.45) is 0 Å². The fourth-order valence-electron chi connectivity index (χ4n) is 1.66. The Balaban J connectivity index is 1.87. The van der Waals surface area contributed by atoms with Gasteiger partial charge in [0, 0.05) is 10.9 Å². The maximum atomic E-state index is 11.8. The zero-order valence-corrected chi connectivity index (χ0v) is 10.9. The number of hydrogen-bond acceptors (Lipinski definition) is 3. The third-order valence-electron chi connectivity index (χ3n) is 2.53. The number of nitrogens with one attached hydrogen (secondary N) is 2. The molecule has 0 bridgehead atoms. The van der Waals surface area contributed by atoms with Gasteiger partial charge in [-0.3, -0.25) is 9.59 Å². The molecule has 1 aromatic carbocycles. The number of esters is 1. The van der Waals surface area contributed by atoms with Crippen LogP contribution in [0, 0.1) is 0 Å². The number of benzene rings is 1. The van der Waals surface area contributed by atoms with Crippen molar-refractivity contribution in [1.82, 2.24) is 10.3 Å². The Morgan fingerprint density at radius 1 is 1.32 bits per heavy atom. The van der Waals surface area contributed by atoms with Gasteiger partial charge in [0.15, 0.2) is 0 Å². The molecule has 0 aliphatic rings. The second-order valence-electron chi connectivity index (χ2n) is 3.88. The topological polar surface area (TPSA) is 71.2 Å². The molecule has 1 amide bonds. The Labute approximate surface area is 114 Å². The summed E-state index contributed by atoms with van der Waals surface area (Å²) in [6, 6.07) is 9.39. The number of H-pyrrole nitrogens is 1. The van der Waals surface area contributed by atoms with Crippen molar-refractivity contribution in [3.8, 4) is 0 Å². The van der Waals surface area contributed by atoms with Crippen molar-refractivity contribution in [1.29, 1.82) is 0 Å². The molecule has 2 N–H and O–H groups in total. The van der Waals surface area contributed by atoms with E-state index in [1.54, 1.807) is 6.07 Å². The van der Waals surface area contributed by atoms with Crippen LogP contribution < -0.4 is 5.32 Å². The Morgan fingerprint density at radius 3 is 2.84 bits per heavy atom. The number of carbonyl (C=O) groups excluding carboxylic acids is 2. The average Bonchev–Trinajstić information content (AvgIpc) is 2.87. The van der Waals surface area contributed by atoms with E-state index in [1.165, 1.54) is 0 Å². The van der Waals surface area contributed by atoms with E-state index in [9.17, 15) is 9.59 Å². The van der Waals surface area contributed by atoms with Crippen molar-refractivity contribution in [3.63, 3.8) is 0 Å². The van der Waals surface area contributed by atoms with Gasteiger partial charge in [0.1, 0.15) is 18.2 Å². The van der Waals surface area contributed by atoms with Crippen molar-refractivity contribution in [2.75, 3.05) is 19.0 Å². The molecule has 1 aromatic heterocycles. The summed E-state index contributed by atoms with van der Waals surface area (Å²) >= 11 is 5.27. The molecule has 0 aliphatic heterocycles. The number of aromatic nitrogens is 1. The maximum absolute atomic E-state index is 11.8. The molecule has 0 aliphatic carbocycles. The predicted octanol–water partition coefficient (Wildman–Crippen LogP) is 1.68. The zero-order valence-electron chi connectivity index (χ0n) is 10.1. The largest absolute Gasteiger partial charge is 0.463 e. The SMILES string of the molecule is O=C(CCl)OCCNC(=O)c1cc2ccccc2[nH]1. The number of halogens is 1. The lowest BCUT2D eigenvalue weighted by molar-refractivity contribution is -0.140. The molecule has 100 valence electrons. The minimum absolute atomic E-state index is 0.109. The minimum atomic E-state index is -0.499. The minimum Gasteiger partial charge on any atom is -0.463 e. The van der Waals surface area contributed by atoms with Gasteiger partial charge in [0.05, 0.1) is 6.54 Å². The highest BCUT2D eigenvalue weighted by Crippen LogP contribution is 2.14. The first kappa shape index (κ1) is 13.4. The number of aromatic amines is 1. The van der Waals surface area contributed by atoms with Gasteiger partial charge in [-0.25, -0.2) is 0 Å². The van der Waals surface area contributed by atoms with Crippen LogP contribution in [0.1, 0.15) is 10.5 Å². The van der Waals surface area contributed by atoms with Gasteiger partial charge in [-0.1, -0.05) is 18.2 Å². The predicted molar refractivity (Wildman–Crippen MR) is 72.3 cm³/mol. The molecule has 5 nitrogen and oxygen atoms in total. The summed E-state index contributed by atoms with van der Waals surface area (Å²) in [4.78, 5) is 25.6. The highest BCUT2D eigenvalue weighted by molar-refractivity contribution is 6.26. The van der Waals surface area contributed by atoms with Gasteiger partial charge in [0.2, 0.25) is 0 Å². The number of alkyl halides is 1. The van der Waals surface area contributed by atoms with Gasteiger partial charge in [-0.2, -0.15) is 0 Å². The van der Waals surface area contributed by atoms with Crippen LogP contribution in [0.4, 0.5) is 0 Å². The Bertz CT molecular complexity index is 561. The summed E-state index contributed by atoms with van der Waals surface area (Å²) in [5.41, 5.74) is 1.38. The second kappa shape index (κ2) is 6.24. The highest BCUT2D eigenvalue weighted by atomic mass is 35.5. The lowest BCUT2D eigenvalue weighted by Crippen LogP contribution is -2.28. The van der Waals surface area contributed by atoms with E-state index < -0.39 is 5.97 Å². The number of carbonyl (C=O) groups is 2. The van der Waals surface area contributed by atoms with Gasteiger partial charge in [-0.05, 0) is 12.1 Å². The number of rotatable bonds is 5. The summed E-state index contributed by atoms with van der Waals surface area (Å²) in [6.45, 7) is 0.356. The summed E-state index contributed by atoms with van der Waals surface area (Å²) in [5.74, 6) is -0.921. The maximum Gasteiger partial charge on any atom is 0.320 e. The summed E-state index contributed by atoms with van der Waals surface area (Å²) in [5, 5.41) is 3.62. The highest BCUT2D eigenvalue weighted by Gasteiger charge is 2.08. The van der Waals surface area contributed by atoms with E-state index >= 15 is 0 Å². The first-order valence-electron chi connectivity index (χ1n) is 5.78. The summed E-state index contributed by atoms with van der Waals surface area (Å²) < 4.78 is 4.74. The monoisotopic (exact) mass is 280 g/mol. The molecule has 2 aromatic rings. The van der Waals surface area contributed by atoms with Gasteiger partial charge >= 0.3 is 5.97 Å². The number of amides is 1. The van der Waals surface area contributed by atoms with E-state index in [-0.39, 0.29) is 24.9 Å². The molecule has 0 atom stereocenters. The third-order valence-corrected chi connectivity index (χ3v) is 2.75. The van der Waals surface area contributed by atoms with E-state index in [0.29, 0.717) is 5.69 Å². The Morgan fingerprint density at radius 2 is 2.11 bits per heavy atom. The van der Waals surface area contributed by atoms with Gasteiger partial charge in [-0.15, -0.1) is 11.6 Å². The molecule has 6 heteroatoms. The Hall–Kier alpha value is -2.01. The molecule has 0 radical (unpaired) electrons. The van der Waals surface area contributed by atoms with E-state index in [0.717, 1.165) is 10.9 Å². The fraction of sp³-hybridized carbons (Fsp3) is 0.231. The van der Waals surface area contributed by atoms with Crippen LogP contribution in [0.25, 0.3) is 10.9 Å². The van der Waals surface area contributed by atoms with E-state index in [4.69, 9.17) is 16.3 Å². The molecule has 1 heterocycles. The number of hydrogen-bond donors (Lipinski definition) is 2. The number of fused-ring (bicyclic) bond motifs is 1. The molecule has 2 rings (SSSR count). The first-order chi connectivity index (χ1) is 9.20. The van der Waals surface area contributed by atoms with Gasteiger partial charge < -0.3 is 15.0 Å². The fourth-order valence-corrected chi connectivity index (χ4v) is 1.74. The van der Waals surface area contributed by atoms with Crippen molar-refractivity contribution >= 4 is 34.4 Å². The molecular weight excluding hydrogens is 268 g/mol. The van der Waals surface area contributed by atoms with Crippen LogP contribution >= 0.6 is 11.6 Å². The zero-order chi connectivity index (χ0) is 13.7. The van der Waals surface area contributed by atoms with Crippen molar-refractivity contribution in [3.05, 3.63) is 36.0 Å². The third kappa shape index (κ3) is 3.48. The first-order valence-corrected chi connectivity index (χ1v) is 6.31. The van der Waals surface area contributed by atoms with Crippen LogP contribution in [0.15, 0.2) is 30.3 Å². The van der Waals surface area contributed by atoms with Crippen LogP contribution in [-0.4, -0.2) is 35.9 Å². The van der Waals surface area contributed by atoms with Crippen LogP contribution in [0.3, 0.4) is 0 Å². The van der Waals surface area contributed by atoms with Crippen molar-refractivity contribution in [2.45, 2.75) is 0 Å². The standard InChI is InChI=1S/C13H13ClN2O3/c14-8-12(17)19-6-5-15-13(18)11-7-9-3-1-2-4-10(9)16-11/h1-4,7,16H,5-6,8H2,(H,15,18).